The molecule has 0 radical (unpaired) electrons. The average molecular weight is 339 g/mol. The monoisotopic (exact) mass is 338 g/mol. The number of carbonyl (C=O) groups is 1. The zero-order chi connectivity index (χ0) is 15.9. The Bertz CT molecular complexity index is 601. The van der Waals surface area contributed by atoms with Crippen molar-refractivity contribution in [2.75, 3.05) is 0 Å². The topological polar surface area (TPSA) is 94.0 Å². The zero-order valence-electron chi connectivity index (χ0n) is 13.4. The van der Waals surface area contributed by atoms with Crippen LogP contribution in [0, 0.1) is 0 Å². The van der Waals surface area contributed by atoms with Crippen molar-refractivity contribution in [2.45, 2.75) is 45.2 Å². The number of hydrogen-bond donors (Lipinski definition) is 2. The van der Waals surface area contributed by atoms with Crippen LogP contribution in [0.2, 0.25) is 0 Å². The molecule has 6 nitrogen and oxygen atoms in total. The van der Waals surface area contributed by atoms with Crippen molar-refractivity contribution in [3.05, 3.63) is 47.6 Å². The van der Waals surface area contributed by atoms with Crippen LogP contribution in [0.3, 0.4) is 0 Å². The first kappa shape index (κ1) is 19.1. The number of rotatable bonds is 7. The van der Waals surface area contributed by atoms with Crippen molar-refractivity contribution in [3.8, 4) is 0 Å². The van der Waals surface area contributed by atoms with Gasteiger partial charge in [0, 0.05) is 18.9 Å². The Hall–Kier alpha value is -1.92. The Labute approximate surface area is 142 Å². The van der Waals surface area contributed by atoms with E-state index in [-0.39, 0.29) is 30.4 Å². The maximum Gasteiger partial charge on any atom is 0.248 e. The lowest BCUT2D eigenvalue weighted by atomic mass is 10.1. The van der Waals surface area contributed by atoms with Crippen LogP contribution in [0.25, 0.3) is 0 Å². The maximum atomic E-state index is 11.8. The highest BCUT2D eigenvalue weighted by Crippen LogP contribution is 2.12. The van der Waals surface area contributed by atoms with E-state index in [4.69, 9.17) is 10.3 Å². The summed E-state index contributed by atoms with van der Waals surface area (Å²) in [6, 6.07) is 9.63. The van der Waals surface area contributed by atoms with Gasteiger partial charge in [-0.15, -0.1) is 12.4 Å². The summed E-state index contributed by atoms with van der Waals surface area (Å²) in [5.74, 6) is 0.963. The minimum absolute atomic E-state index is 0. The van der Waals surface area contributed by atoms with Gasteiger partial charge in [-0.3, -0.25) is 4.79 Å². The summed E-state index contributed by atoms with van der Waals surface area (Å²) in [6.45, 7) is 3.70. The highest BCUT2D eigenvalue weighted by molar-refractivity contribution is 5.85. The number of amides is 1. The summed E-state index contributed by atoms with van der Waals surface area (Å²) >= 11 is 0. The van der Waals surface area contributed by atoms with Crippen LogP contribution >= 0.6 is 12.4 Å². The quantitative estimate of drug-likeness (QED) is 0.808. The standard InChI is InChI=1S/C16H22N4O2.ClH/c1-11(17)8-9-15(21)18-12(2)16-19-14(20-22-16)10-13-6-4-3-5-7-13;/h3-7,11-12H,8-10,17H2,1-2H3,(H,18,21);1H. The molecule has 2 atom stereocenters. The van der Waals surface area contributed by atoms with Gasteiger partial charge in [-0.05, 0) is 25.8 Å². The van der Waals surface area contributed by atoms with E-state index in [0.717, 1.165) is 5.56 Å². The Kier molecular flexibility index (Phi) is 7.71. The Morgan fingerprint density at radius 2 is 2.00 bits per heavy atom. The van der Waals surface area contributed by atoms with Gasteiger partial charge in [-0.2, -0.15) is 4.98 Å². The first-order chi connectivity index (χ1) is 10.5. The molecule has 126 valence electrons. The highest BCUT2D eigenvalue weighted by atomic mass is 35.5. The number of hydrogen-bond acceptors (Lipinski definition) is 5. The van der Waals surface area contributed by atoms with Crippen molar-refractivity contribution in [1.29, 1.82) is 0 Å². The molecule has 1 aromatic heterocycles. The Balaban J connectivity index is 0.00000264. The molecule has 0 aliphatic heterocycles. The van der Waals surface area contributed by atoms with Crippen LogP contribution in [0.4, 0.5) is 0 Å². The van der Waals surface area contributed by atoms with Crippen molar-refractivity contribution in [2.24, 2.45) is 5.73 Å². The summed E-state index contributed by atoms with van der Waals surface area (Å²) in [5, 5.41) is 6.79. The number of aromatic nitrogens is 2. The molecule has 0 fully saturated rings. The predicted molar refractivity (Wildman–Crippen MR) is 90.2 cm³/mol. The third kappa shape index (κ3) is 6.38. The molecule has 0 aliphatic carbocycles. The number of carbonyl (C=O) groups excluding carboxylic acids is 1. The van der Waals surface area contributed by atoms with E-state index in [0.29, 0.717) is 31.0 Å². The number of nitrogens with two attached hydrogens (primary N) is 1. The number of nitrogens with one attached hydrogen (secondary N) is 1. The summed E-state index contributed by atoms with van der Waals surface area (Å²) < 4.78 is 5.22. The first-order valence-corrected chi connectivity index (χ1v) is 7.46. The molecule has 23 heavy (non-hydrogen) atoms. The highest BCUT2D eigenvalue weighted by Gasteiger charge is 2.16. The zero-order valence-corrected chi connectivity index (χ0v) is 14.2. The second kappa shape index (κ2) is 9.27. The molecule has 7 heteroatoms. The van der Waals surface area contributed by atoms with E-state index in [9.17, 15) is 4.79 Å². The first-order valence-electron chi connectivity index (χ1n) is 7.46. The molecule has 1 amide bonds. The van der Waals surface area contributed by atoms with Crippen LogP contribution in [0.1, 0.15) is 50.0 Å². The lowest BCUT2D eigenvalue weighted by Gasteiger charge is -2.10. The Morgan fingerprint density at radius 1 is 1.30 bits per heavy atom. The predicted octanol–water partition coefficient (Wildman–Crippen LogP) is 2.39. The van der Waals surface area contributed by atoms with Crippen LogP contribution in [-0.2, 0) is 11.2 Å². The van der Waals surface area contributed by atoms with Crippen LogP contribution < -0.4 is 11.1 Å². The van der Waals surface area contributed by atoms with E-state index < -0.39 is 0 Å². The van der Waals surface area contributed by atoms with E-state index in [1.807, 2.05) is 44.2 Å². The molecule has 2 aromatic rings. The molecule has 0 saturated carbocycles. The van der Waals surface area contributed by atoms with Crippen molar-refractivity contribution >= 4 is 18.3 Å². The summed E-state index contributed by atoms with van der Waals surface area (Å²) in [5.41, 5.74) is 6.75. The molecule has 0 spiro atoms. The van der Waals surface area contributed by atoms with E-state index in [1.165, 1.54) is 0 Å². The molecule has 2 unspecified atom stereocenters. The van der Waals surface area contributed by atoms with Crippen LogP contribution in [0.15, 0.2) is 34.9 Å². The second-order valence-electron chi connectivity index (χ2n) is 5.52. The van der Waals surface area contributed by atoms with Crippen molar-refractivity contribution in [1.82, 2.24) is 15.5 Å². The summed E-state index contributed by atoms with van der Waals surface area (Å²) in [7, 11) is 0. The lowest BCUT2D eigenvalue weighted by Crippen LogP contribution is -2.28. The van der Waals surface area contributed by atoms with Gasteiger partial charge in [0.2, 0.25) is 11.8 Å². The van der Waals surface area contributed by atoms with Gasteiger partial charge >= 0.3 is 0 Å². The van der Waals surface area contributed by atoms with E-state index >= 15 is 0 Å². The third-order valence-electron chi connectivity index (χ3n) is 3.26. The smallest absolute Gasteiger partial charge is 0.248 e. The van der Waals surface area contributed by atoms with Gasteiger partial charge in [-0.25, -0.2) is 0 Å². The number of nitrogens with zero attached hydrogens (tertiary/aromatic N) is 2. The molecule has 0 aliphatic rings. The van der Waals surface area contributed by atoms with Gasteiger partial charge in [-0.1, -0.05) is 35.5 Å². The van der Waals surface area contributed by atoms with Crippen LogP contribution in [-0.4, -0.2) is 22.1 Å². The van der Waals surface area contributed by atoms with E-state index in [1.54, 1.807) is 0 Å². The van der Waals surface area contributed by atoms with Crippen molar-refractivity contribution in [3.63, 3.8) is 0 Å². The van der Waals surface area contributed by atoms with Gasteiger partial charge in [0.25, 0.3) is 0 Å². The average Bonchev–Trinajstić information content (AvgIpc) is 2.95. The summed E-state index contributed by atoms with van der Waals surface area (Å²) in [6.07, 6.45) is 1.66. The number of benzene rings is 1. The van der Waals surface area contributed by atoms with Gasteiger partial charge in [0.15, 0.2) is 5.82 Å². The molecule has 1 heterocycles. The molecule has 3 N–H and O–H groups in total. The molecular weight excluding hydrogens is 316 g/mol. The maximum absolute atomic E-state index is 11.8. The fourth-order valence-electron chi connectivity index (χ4n) is 2.03. The lowest BCUT2D eigenvalue weighted by molar-refractivity contribution is -0.122. The molecule has 2 rings (SSSR count). The largest absolute Gasteiger partial charge is 0.345 e. The molecular formula is C16H23ClN4O2. The van der Waals surface area contributed by atoms with Crippen molar-refractivity contribution < 1.29 is 9.32 Å². The minimum atomic E-state index is -0.308. The SMILES string of the molecule is CC(N)CCC(=O)NC(C)c1nc(Cc2ccccc2)no1.Cl. The van der Waals surface area contributed by atoms with Gasteiger partial charge in [0.1, 0.15) is 6.04 Å². The second-order valence-corrected chi connectivity index (χ2v) is 5.52. The fraction of sp³-hybridized carbons (Fsp3) is 0.438. The molecule has 0 bridgehead atoms. The third-order valence-corrected chi connectivity index (χ3v) is 3.26. The van der Waals surface area contributed by atoms with Gasteiger partial charge in [0.05, 0.1) is 0 Å². The minimum Gasteiger partial charge on any atom is -0.345 e. The fourth-order valence-corrected chi connectivity index (χ4v) is 2.03. The van der Waals surface area contributed by atoms with Crippen LogP contribution in [0.5, 0.6) is 0 Å². The van der Waals surface area contributed by atoms with Gasteiger partial charge < -0.3 is 15.6 Å². The Morgan fingerprint density at radius 3 is 2.65 bits per heavy atom. The molecule has 1 aromatic carbocycles. The number of halogens is 1. The summed E-state index contributed by atoms with van der Waals surface area (Å²) in [4.78, 5) is 16.1. The molecule has 0 saturated heterocycles. The van der Waals surface area contributed by atoms with E-state index in [2.05, 4.69) is 15.5 Å². The normalized spacial score (nSPS) is 13.0.